The SMILES string of the molecule is CO[C@@H]1[C@@H](O)[C@H](O[C@H]2[C@@H](OC)C[C@H](O[C@H]3CC[C@@]4(C)[C@@H](CC[C@]5(O)[C@@H]4C[C@@H](OC(C)=O)[C@@]4(C)[C@]5(O)CC[C@@]4(O)[C@H](C)OC(=O)c4ccccc4)C3)O[C@@H]2C)O[C@H](C)[C@H]1O[C@@H]1O[C@H](CO[C@@H]2O[C@H](CO)[C@@H](O)[C@H](O)[C@H]2O)[C@@H](O)[C@H](O)[C@H]1O. The van der Waals surface area contributed by atoms with Crippen molar-refractivity contribution >= 4 is 11.9 Å². The smallest absolute Gasteiger partial charge is 0.338 e. The van der Waals surface area contributed by atoms with Gasteiger partial charge in [-0.15, -0.1) is 0 Å². The highest BCUT2D eigenvalue weighted by molar-refractivity contribution is 5.89. The maximum absolute atomic E-state index is 13.3. The second kappa shape index (κ2) is 24.2. The predicted octanol–water partition coefficient (Wildman–Crippen LogP) is -1.17. The zero-order valence-electron chi connectivity index (χ0n) is 47.2. The summed E-state index contributed by atoms with van der Waals surface area (Å²) in [7, 11) is 2.84. The summed E-state index contributed by atoms with van der Waals surface area (Å²) >= 11 is 0. The van der Waals surface area contributed by atoms with Crippen LogP contribution in [0.1, 0.15) is 110 Å². The van der Waals surface area contributed by atoms with Crippen LogP contribution < -0.4 is 0 Å². The van der Waals surface area contributed by atoms with Crippen LogP contribution in [0.2, 0.25) is 0 Å². The predicted molar refractivity (Wildman–Crippen MR) is 274 cm³/mol. The van der Waals surface area contributed by atoms with Crippen molar-refractivity contribution in [1.29, 1.82) is 0 Å². The molecule has 4 saturated carbocycles. The number of ether oxygens (including phenoxy) is 12. The van der Waals surface area contributed by atoms with Gasteiger partial charge in [-0.3, -0.25) is 4.79 Å². The summed E-state index contributed by atoms with van der Waals surface area (Å²) in [6, 6.07) is 8.36. The van der Waals surface area contributed by atoms with Gasteiger partial charge in [0.25, 0.3) is 0 Å². The Kier molecular flexibility index (Phi) is 18.8. The van der Waals surface area contributed by atoms with Crippen molar-refractivity contribution in [3.63, 3.8) is 0 Å². The van der Waals surface area contributed by atoms with Gasteiger partial charge in [0.1, 0.15) is 96.7 Å². The van der Waals surface area contributed by atoms with E-state index in [-0.39, 0.29) is 49.7 Å². The van der Waals surface area contributed by atoms with Crippen LogP contribution in [0.4, 0.5) is 0 Å². The molecule has 0 radical (unpaired) electrons. The van der Waals surface area contributed by atoms with Crippen LogP contribution in [0.25, 0.3) is 0 Å². The molecule has 0 aromatic heterocycles. The molecule has 4 aliphatic carbocycles. The van der Waals surface area contributed by atoms with E-state index in [1.54, 1.807) is 58.0 Å². The Hall–Kier alpha value is -2.68. The number of aliphatic hydroxyl groups excluding tert-OH is 8. The number of esters is 2. The monoisotopic (exact) mass is 1160 g/mol. The summed E-state index contributed by atoms with van der Waals surface area (Å²) in [5.74, 6) is -1.82. The number of hydrogen-bond donors (Lipinski definition) is 11. The second-order valence-corrected chi connectivity index (χ2v) is 24.4. The highest BCUT2D eigenvalue weighted by Crippen LogP contribution is 2.72. The molecule has 1 aromatic rings. The van der Waals surface area contributed by atoms with Gasteiger partial charge in [-0.2, -0.15) is 0 Å². The zero-order valence-corrected chi connectivity index (χ0v) is 47.2. The largest absolute Gasteiger partial charge is 0.462 e. The molecule has 25 nitrogen and oxygen atoms in total. The number of aliphatic hydroxyl groups is 11. The summed E-state index contributed by atoms with van der Waals surface area (Å²) in [5, 5.41) is 124. The van der Waals surface area contributed by atoms with Crippen LogP contribution in [0.3, 0.4) is 0 Å². The standard InChI is InChI=1S/C56H86O25/c1-25-45(80-51-44(65)47(71-8)46(26(2)74-51)81-50-43(64)41(62)39(60)34(79-50)24-72-49-42(63)40(61)38(59)33(23-57)78-49)32(70-7)21-37(73-25)77-31-15-16-52(5)30(20-31)14-17-55(68)35(52)22-36(76-28(4)58)53(6)54(67,18-19-56(53,55)69)27(3)75-48(66)29-12-10-9-11-13-29/h9-13,25-27,30-47,49-51,57,59-65,67-69H,14-24H2,1-8H3/t25-,26-,27+,30+,31+,32+,33-,34-,35-,36-,37+,38-,39-,40+,41+,42-,43-,44-,45-,46-,47-,49-,50+,51+,52+,53-,54-,55+,56-/m1/s1. The fraction of sp³-hybridized carbons (Fsp3) is 0.857. The molecule has 0 bridgehead atoms. The van der Waals surface area contributed by atoms with Crippen LogP contribution in [0, 0.1) is 22.7 Å². The van der Waals surface area contributed by atoms with Crippen LogP contribution in [-0.4, -0.2) is 247 Å². The molecule has 4 aliphatic heterocycles. The lowest BCUT2D eigenvalue weighted by molar-refractivity contribution is -0.374. The Balaban J connectivity index is 0.812. The second-order valence-electron chi connectivity index (χ2n) is 24.4. The van der Waals surface area contributed by atoms with Crippen LogP contribution in [0.15, 0.2) is 30.3 Å². The molecule has 25 heteroatoms. The normalized spacial score (nSPS) is 50.3. The average molecular weight is 1160 g/mol. The van der Waals surface area contributed by atoms with Crippen molar-refractivity contribution in [3.8, 4) is 0 Å². The van der Waals surface area contributed by atoms with E-state index in [0.29, 0.717) is 25.7 Å². The minimum absolute atomic E-state index is 0.00683. The molecule has 11 N–H and O–H groups in total. The number of benzene rings is 1. The maximum atomic E-state index is 13.3. The molecule has 81 heavy (non-hydrogen) atoms. The molecule has 4 heterocycles. The third kappa shape index (κ3) is 10.9. The number of carbonyl (C=O) groups excluding carboxylic acids is 2. The highest BCUT2D eigenvalue weighted by Gasteiger charge is 2.82. The van der Waals surface area contributed by atoms with Crippen molar-refractivity contribution in [1.82, 2.24) is 0 Å². The highest BCUT2D eigenvalue weighted by atomic mass is 16.8. The topological polar surface area (TPSA) is 367 Å². The zero-order chi connectivity index (χ0) is 58.9. The first kappa shape index (κ1) is 62.8. The summed E-state index contributed by atoms with van der Waals surface area (Å²) in [6.07, 6.45) is -25.1. The summed E-state index contributed by atoms with van der Waals surface area (Å²) in [6.45, 7) is 8.69. The van der Waals surface area contributed by atoms with Gasteiger partial charge in [-0.1, -0.05) is 32.0 Å². The summed E-state index contributed by atoms with van der Waals surface area (Å²) in [5.41, 5.74) is -7.46. The summed E-state index contributed by atoms with van der Waals surface area (Å²) in [4.78, 5) is 26.2. The molecule has 1 aromatic carbocycles. The van der Waals surface area contributed by atoms with E-state index in [1.807, 2.05) is 0 Å². The lowest BCUT2D eigenvalue weighted by atomic mass is 9.40. The molecule has 8 fully saturated rings. The maximum Gasteiger partial charge on any atom is 0.338 e. The van der Waals surface area contributed by atoms with E-state index >= 15 is 0 Å². The van der Waals surface area contributed by atoms with E-state index in [0.717, 1.165) is 0 Å². The first-order chi connectivity index (χ1) is 38.2. The van der Waals surface area contributed by atoms with E-state index in [2.05, 4.69) is 6.92 Å². The van der Waals surface area contributed by atoms with Gasteiger partial charge in [-0.25, -0.2) is 4.79 Å². The van der Waals surface area contributed by atoms with Gasteiger partial charge < -0.3 is 113 Å². The molecule has 0 unspecified atom stereocenters. The molecule has 0 amide bonds. The Labute approximate surface area is 470 Å². The minimum Gasteiger partial charge on any atom is -0.462 e. The van der Waals surface area contributed by atoms with Crippen molar-refractivity contribution in [2.75, 3.05) is 27.4 Å². The van der Waals surface area contributed by atoms with E-state index in [1.165, 1.54) is 21.1 Å². The molecule has 0 spiro atoms. The van der Waals surface area contributed by atoms with Crippen LogP contribution >= 0.6 is 0 Å². The van der Waals surface area contributed by atoms with Crippen molar-refractivity contribution in [3.05, 3.63) is 35.9 Å². The van der Waals surface area contributed by atoms with Crippen molar-refractivity contribution in [2.24, 2.45) is 22.7 Å². The third-order valence-electron chi connectivity index (χ3n) is 20.3. The fourth-order valence-corrected chi connectivity index (χ4v) is 15.4. The third-order valence-corrected chi connectivity index (χ3v) is 20.3. The van der Waals surface area contributed by atoms with Gasteiger partial charge in [0.15, 0.2) is 25.2 Å². The Morgan fingerprint density at radius 3 is 1.96 bits per heavy atom. The average Bonchev–Trinajstić information content (AvgIpc) is 1.73. The number of rotatable bonds is 16. The van der Waals surface area contributed by atoms with E-state index in [9.17, 15) is 65.8 Å². The Morgan fingerprint density at radius 1 is 0.679 bits per heavy atom. The van der Waals surface area contributed by atoms with Crippen LogP contribution in [-0.2, 0) is 61.6 Å². The van der Waals surface area contributed by atoms with Crippen molar-refractivity contribution in [2.45, 2.75) is 251 Å². The molecular weight excluding hydrogens is 1070 g/mol. The van der Waals surface area contributed by atoms with Crippen molar-refractivity contribution < 1.29 is 123 Å². The fourth-order valence-electron chi connectivity index (χ4n) is 15.4. The minimum atomic E-state index is -1.95. The van der Waals surface area contributed by atoms with E-state index < -0.39 is 188 Å². The first-order valence-corrected chi connectivity index (χ1v) is 28.4. The molecule has 29 atom stereocenters. The molecule has 4 saturated heterocycles. The summed E-state index contributed by atoms with van der Waals surface area (Å²) < 4.78 is 72.3. The quantitative estimate of drug-likeness (QED) is 0.0686. The van der Waals surface area contributed by atoms with Gasteiger partial charge in [0, 0.05) is 27.6 Å². The molecule has 460 valence electrons. The Morgan fingerprint density at radius 2 is 1.31 bits per heavy atom. The number of methoxy groups -OCH3 is 2. The lowest BCUT2D eigenvalue weighted by Crippen LogP contribution is -2.79. The number of hydrogen-bond acceptors (Lipinski definition) is 25. The Bertz CT molecular complexity index is 2300. The van der Waals surface area contributed by atoms with E-state index in [4.69, 9.17) is 56.8 Å². The first-order valence-electron chi connectivity index (χ1n) is 28.4. The molecule has 9 rings (SSSR count). The number of carbonyl (C=O) groups is 2. The molecular formula is C56H86O25. The van der Waals surface area contributed by atoms with Gasteiger partial charge >= 0.3 is 11.9 Å². The van der Waals surface area contributed by atoms with Crippen LogP contribution in [0.5, 0.6) is 0 Å². The number of fused-ring (bicyclic) bond motifs is 5. The van der Waals surface area contributed by atoms with Gasteiger partial charge in [0.2, 0.25) is 0 Å². The van der Waals surface area contributed by atoms with Gasteiger partial charge in [0.05, 0.1) is 54.2 Å². The molecule has 8 aliphatic rings. The lowest BCUT2D eigenvalue weighted by Gasteiger charge is -2.69. The van der Waals surface area contributed by atoms with Gasteiger partial charge in [-0.05, 0) is 102 Å².